The lowest BCUT2D eigenvalue weighted by Crippen LogP contribution is -2.28. The van der Waals surface area contributed by atoms with Gasteiger partial charge in [0.25, 0.3) is 0 Å². The molecule has 0 saturated heterocycles. The predicted molar refractivity (Wildman–Crippen MR) is 74.1 cm³/mol. The molecule has 7 heteroatoms. The van der Waals surface area contributed by atoms with Crippen LogP contribution in [-0.4, -0.2) is 15.9 Å². The Hall–Kier alpha value is -1.69. The van der Waals surface area contributed by atoms with Gasteiger partial charge < -0.3 is 11.1 Å². The van der Waals surface area contributed by atoms with Crippen LogP contribution in [0.4, 0.5) is 5.69 Å². The van der Waals surface area contributed by atoms with Gasteiger partial charge in [-0.3, -0.25) is 4.79 Å². The van der Waals surface area contributed by atoms with E-state index >= 15 is 0 Å². The maximum Gasteiger partial charge on any atom is 0.246 e. The summed E-state index contributed by atoms with van der Waals surface area (Å²) in [6.45, 7) is 0. The molecule has 0 aliphatic carbocycles. The number of benzene rings is 1. The van der Waals surface area contributed by atoms with Gasteiger partial charge >= 0.3 is 0 Å². The van der Waals surface area contributed by atoms with Gasteiger partial charge in [-0.2, -0.15) is 0 Å². The van der Waals surface area contributed by atoms with E-state index in [9.17, 15) is 4.79 Å². The number of anilines is 1. The summed E-state index contributed by atoms with van der Waals surface area (Å²) >= 11 is 11.7. The Morgan fingerprint density at radius 2 is 1.74 bits per heavy atom. The lowest BCUT2D eigenvalue weighted by molar-refractivity contribution is -0.117. The summed E-state index contributed by atoms with van der Waals surface area (Å²) in [5.41, 5.74) is 6.69. The zero-order valence-electron chi connectivity index (χ0n) is 9.68. The van der Waals surface area contributed by atoms with Gasteiger partial charge in [0.2, 0.25) is 5.91 Å². The molecule has 3 N–H and O–H groups in total. The van der Waals surface area contributed by atoms with Gasteiger partial charge in [-0.05, 0) is 5.56 Å². The summed E-state index contributed by atoms with van der Waals surface area (Å²) in [4.78, 5) is 19.5. The fourth-order valence-corrected chi connectivity index (χ4v) is 1.87. The third-order valence-corrected chi connectivity index (χ3v) is 3.02. The highest BCUT2D eigenvalue weighted by molar-refractivity contribution is 6.38. The first-order valence-corrected chi connectivity index (χ1v) is 6.12. The van der Waals surface area contributed by atoms with Gasteiger partial charge in [0.15, 0.2) is 10.3 Å². The molecule has 98 valence electrons. The fourth-order valence-electron chi connectivity index (χ4n) is 1.46. The van der Waals surface area contributed by atoms with E-state index < -0.39 is 11.9 Å². The molecule has 2 aromatic rings. The number of aromatic nitrogens is 2. The number of carbonyl (C=O) groups is 1. The molecule has 0 fully saturated rings. The lowest BCUT2D eigenvalue weighted by atomic mass is 10.1. The Morgan fingerprint density at radius 1 is 1.16 bits per heavy atom. The summed E-state index contributed by atoms with van der Waals surface area (Å²) in [6, 6.07) is 8.13. The van der Waals surface area contributed by atoms with E-state index in [-0.39, 0.29) is 16.0 Å². The largest absolute Gasteiger partial charge is 0.319 e. The molecule has 1 atom stereocenters. The number of hydrogen-bond acceptors (Lipinski definition) is 4. The first-order chi connectivity index (χ1) is 9.09. The van der Waals surface area contributed by atoms with Crippen molar-refractivity contribution in [3.63, 3.8) is 0 Å². The summed E-state index contributed by atoms with van der Waals surface area (Å²) in [5, 5.41) is 2.65. The third-order valence-electron chi connectivity index (χ3n) is 2.44. The number of carbonyl (C=O) groups excluding carboxylic acids is 1. The number of nitrogens with one attached hydrogen (secondary N) is 1. The van der Waals surface area contributed by atoms with Crippen molar-refractivity contribution < 1.29 is 4.79 Å². The quantitative estimate of drug-likeness (QED) is 0.853. The molecule has 0 unspecified atom stereocenters. The molecule has 0 spiro atoms. The Balaban J connectivity index is 2.18. The molecule has 0 saturated carbocycles. The van der Waals surface area contributed by atoms with Crippen molar-refractivity contribution in [1.82, 2.24) is 9.97 Å². The predicted octanol–water partition coefficient (Wildman–Crippen LogP) is 2.42. The van der Waals surface area contributed by atoms with E-state index in [0.717, 1.165) is 0 Å². The molecule has 1 heterocycles. The van der Waals surface area contributed by atoms with E-state index in [4.69, 9.17) is 28.9 Å². The van der Waals surface area contributed by atoms with E-state index in [0.29, 0.717) is 5.56 Å². The van der Waals surface area contributed by atoms with Crippen molar-refractivity contribution in [1.29, 1.82) is 0 Å². The smallest absolute Gasteiger partial charge is 0.246 e. The normalized spacial score (nSPS) is 11.9. The third kappa shape index (κ3) is 3.20. The zero-order chi connectivity index (χ0) is 13.8. The minimum Gasteiger partial charge on any atom is -0.319 e. The van der Waals surface area contributed by atoms with Crippen molar-refractivity contribution in [2.45, 2.75) is 6.04 Å². The monoisotopic (exact) mass is 296 g/mol. The summed E-state index contributed by atoms with van der Waals surface area (Å²) < 4.78 is 0. The van der Waals surface area contributed by atoms with Crippen LogP contribution in [0.15, 0.2) is 36.7 Å². The van der Waals surface area contributed by atoms with Crippen molar-refractivity contribution in [2.24, 2.45) is 5.73 Å². The standard InChI is InChI=1S/C12H10Cl2N4O/c13-10-9(11(14)17-6-16-10)18-12(19)8(15)7-4-2-1-3-5-7/h1-6,8H,15H2,(H,18,19)/t8-/m0/s1. The van der Waals surface area contributed by atoms with E-state index in [1.165, 1.54) is 6.33 Å². The molecular weight excluding hydrogens is 287 g/mol. The van der Waals surface area contributed by atoms with Crippen molar-refractivity contribution in [3.05, 3.63) is 52.5 Å². The SMILES string of the molecule is N[C@H](C(=O)Nc1c(Cl)ncnc1Cl)c1ccccc1. The molecule has 0 bridgehead atoms. The molecule has 2 rings (SSSR count). The summed E-state index contributed by atoms with van der Waals surface area (Å²) in [6.07, 6.45) is 1.21. The maximum atomic E-state index is 12.0. The maximum absolute atomic E-state index is 12.0. The van der Waals surface area contributed by atoms with Crippen molar-refractivity contribution >= 4 is 34.8 Å². The second kappa shape index (κ2) is 5.97. The number of amides is 1. The van der Waals surface area contributed by atoms with Crippen LogP contribution in [0.25, 0.3) is 0 Å². The van der Waals surface area contributed by atoms with Crippen LogP contribution in [0.1, 0.15) is 11.6 Å². The molecule has 0 aliphatic rings. The van der Waals surface area contributed by atoms with Crippen LogP contribution in [0, 0.1) is 0 Å². The minimum absolute atomic E-state index is 0.0635. The highest BCUT2D eigenvalue weighted by Gasteiger charge is 2.18. The number of nitrogens with zero attached hydrogens (tertiary/aromatic N) is 2. The van der Waals surface area contributed by atoms with Crippen LogP contribution in [0.2, 0.25) is 10.3 Å². The van der Waals surface area contributed by atoms with Crippen LogP contribution in [0.3, 0.4) is 0 Å². The Labute approximate surface area is 119 Å². The second-order valence-corrected chi connectivity index (χ2v) is 4.42. The lowest BCUT2D eigenvalue weighted by Gasteiger charge is -2.13. The highest BCUT2D eigenvalue weighted by Crippen LogP contribution is 2.26. The number of hydrogen-bond donors (Lipinski definition) is 2. The minimum atomic E-state index is -0.825. The van der Waals surface area contributed by atoms with Gasteiger partial charge in [0, 0.05) is 0 Å². The van der Waals surface area contributed by atoms with Crippen LogP contribution < -0.4 is 11.1 Å². The molecule has 1 amide bonds. The van der Waals surface area contributed by atoms with Crippen molar-refractivity contribution in [2.75, 3.05) is 5.32 Å². The Morgan fingerprint density at radius 3 is 2.32 bits per heavy atom. The molecule has 1 aromatic carbocycles. The summed E-state index contributed by atoms with van der Waals surface area (Å²) in [5.74, 6) is -0.440. The molecule has 1 aromatic heterocycles. The van der Waals surface area contributed by atoms with Gasteiger partial charge in [-0.15, -0.1) is 0 Å². The molecule has 5 nitrogen and oxygen atoms in total. The number of rotatable bonds is 3. The van der Waals surface area contributed by atoms with Gasteiger partial charge in [0.05, 0.1) is 0 Å². The average molecular weight is 297 g/mol. The van der Waals surface area contributed by atoms with E-state index in [1.54, 1.807) is 24.3 Å². The second-order valence-electron chi connectivity index (χ2n) is 3.71. The van der Waals surface area contributed by atoms with Crippen molar-refractivity contribution in [3.8, 4) is 0 Å². The first-order valence-electron chi connectivity index (χ1n) is 5.37. The average Bonchev–Trinajstić information content (AvgIpc) is 2.43. The van der Waals surface area contributed by atoms with Crippen LogP contribution >= 0.6 is 23.2 Å². The Kier molecular flexibility index (Phi) is 4.31. The van der Waals surface area contributed by atoms with Crippen LogP contribution in [0.5, 0.6) is 0 Å². The van der Waals surface area contributed by atoms with Crippen LogP contribution in [-0.2, 0) is 4.79 Å². The van der Waals surface area contributed by atoms with E-state index in [1.807, 2.05) is 6.07 Å². The van der Waals surface area contributed by atoms with Gasteiger partial charge in [-0.1, -0.05) is 53.5 Å². The Bertz CT molecular complexity index is 571. The summed E-state index contributed by atoms with van der Waals surface area (Å²) in [7, 11) is 0. The number of halogens is 2. The number of nitrogens with two attached hydrogens (primary N) is 1. The first kappa shape index (κ1) is 13.7. The highest BCUT2D eigenvalue weighted by atomic mass is 35.5. The fraction of sp³-hybridized carbons (Fsp3) is 0.0833. The molecular formula is C12H10Cl2N4O. The van der Waals surface area contributed by atoms with Gasteiger partial charge in [0.1, 0.15) is 18.1 Å². The zero-order valence-corrected chi connectivity index (χ0v) is 11.2. The topological polar surface area (TPSA) is 80.9 Å². The van der Waals surface area contributed by atoms with E-state index in [2.05, 4.69) is 15.3 Å². The molecule has 0 radical (unpaired) electrons. The van der Waals surface area contributed by atoms with Gasteiger partial charge in [-0.25, -0.2) is 9.97 Å². The molecule has 0 aliphatic heterocycles. The molecule has 19 heavy (non-hydrogen) atoms.